The summed E-state index contributed by atoms with van der Waals surface area (Å²) >= 11 is 0. The Morgan fingerprint density at radius 3 is 2.81 bits per heavy atom. The molecule has 0 bridgehead atoms. The first-order valence-corrected chi connectivity index (χ1v) is 5.86. The Labute approximate surface area is 96.5 Å². The van der Waals surface area contributed by atoms with E-state index < -0.39 is 0 Å². The van der Waals surface area contributed by atoms with E-state index in [2.05, 4.69) is 10.2 Å². The third kappa shape index (κ3) is 2.35. The van der Waals surface area contributed by atoms with Crippen LogP contribution in [0.1, 0.15) is 24.3 Å². The van der Waals surface area contributed by atoms with Crippen LogP contribution in [0.3, 0.4) is 0 Å². The summed E-state index contributed by atoms with van der Waals surface area (Å²) in [6, 6.07) is 5.10. The van der Waals surface area contributed by atoms with Gasteiger partial charge in [0, 0.05) is 26.3 Å². The van der Waals surface area contributed by atoms with Crippen LogP contribution in [0.15, 0.2) is 18.2 Å². The molecule has 1 aliphatic heterocycles. The molecule has 0 radical (unpaired) electrons. The number of halogens is 1. The molecule has 1 unspecified atom stereocenters. The molecule has 1 N–H and O–H groups in total. The lowest BCUT2D eigenvalue weighted by Gasteiger charge is -2.27. The van der Waals surface area contributed by atoms with Gasteiger partial charge in [0.1, 0.15) is 5.82 Å². The number of anilines is 1. The maximum atomic E-state index is 13.3. The predicted octanol–water partition coefficient (Wildman–Crippen LogP) is 2.36. The van der Waals surface area contributed by atoms with Crippen LogP contribution in [0, 0.1) is 5.82 Å². The van der Waals surface area contributed by atoms with E-state index >= 15 is 0 Å². The average Bonchev–Trinajstić information content (AvgIpc) is 2.29. The van der Waals surface area contributed by atoms with Crippen molar-refractivity contribution in [2.24, 2.45) is 0 Å². The van der Waals surface area contributed by atoms with Gasteiger partial charge >= 0.3 is 0 Å². The molecule has 0 saturated carbocycles. The second-order valence-corrected chi connectivity index (χ2v) is 4.64. The van der Waals surface area contributed by atoms with E-state index in [4.69, 9.17) is 0 Å². The van der Waals surface area contributed by atoms with Crippen LogP contribution in [0.4, 0.5) is 10.1 Å². The van der Waals surface area contributed by atoms with Gasteiger partial charge in [-0.25, -0.2) is 4.39 Å². The van der Waals surface area contributed by atoms with Crippen molar-refractivity contribution in [3.8, 4) is 0 Å². The number of nitrogens with one attached hydrogen (secondary N) is 1. The molecule has 0 amide bonds. The molecule has 1 aromatic rings. The molecular weight excluding hydrogens is 203 g/mol. The van der Waals surface area contributed by atoms with Crippen LogP contribution in [-0.4, -0.2) is 27.2 Å². The Balaban J connectivity index is 2.32. The fraction of sp³-hybridized carbons (Fsp3) is 0.538. The molecule has 1 aromatic carbocycles. The van der Waals surface area contributed by atoms with Crippen LogP contribution in [-0.2, 0) is 0 Å². The van der Waals surface area contributed by atoms with Gasteiger partial charge in [-0.3, -0.25) is 0 Å². The second-order valence-electron chi connectivity index (χ2n) is 4.64. The number of hydrogen-bond donors (Lipinski definition) is 1. The first kappa shape index (κ1) is 11.4. The van der Waals surface area contributed by atoms with Crippen molar-refractivity contribution >= 4 is 5.69 Å². The lowest BCUT2D eigenvalue weighted by Crippen LogP contribution is -2.29. The van der Waals surface area contributed by atoms with Crippen molar-refractivity contribution in [3.63, 3.8) is 0 Å². The minimum absolute atomic E-state index is 0.133. The molecule has 88 valence electrons. The molecule has 0 aromatic heterocycles. The van der Waals surface area contributed by atoms with Gasteiger partial charge in [-0.15, -0.1) is 0 Å². The Morgan fingerprint density at radius 2 is 2.19 bits per heavy atom. The topological polar surface area (TPSA) is 15.3 Å². The highest BCUT2D eigenvalue weighted by Crippen LogP contribution is 2.31. The zero-order valence-corrected chi connectivity index (χ0v) is 9.96. The highest BCUT2D eigenvalue weighted by atomic mass is 19.1. The number of nitrogens with zero attached hydrogens (tertiary/aromatic N) is 1. The summed E-state index contributed by atoms with van der Waals surface area (Å²) in [5.41, 5.74) is 2.27. The van der Waals surface area contributed by atoms with Crippen LogP contribution in [0.2, 0.25) is 0 Å². The van der Waals surface area contributed by atoms with Gasteiger partial charge in [0.05, 0.1) is 0 Å². The van der Waals surface area contributed by atoms with E-state index in [1.807, 2.05) is 20.2 Å². The monoisotopic (exact) mass is 222 g/mol. The molecule has 2 nitrogen and oxygen atoms in total. The maximum absolute atomic E-state index is 13.3. The number of hydrogen-bond acceptors (Lipinski definition) is 2. The minimum Gasteiger partial charge on any atom is -0.377 e. The Hall–Kier alpha value is -1.09. The summed E-state index contributed by atoms with van der Waals surface area (Å²) < 4.78 is 13.3. The van der Waals surface area contributed by atoms with Gasteiger partial charge in [-0.1, -0.05) is 0 Å². The zero-order valence-electron chi connectivity index (χ0n) is 9.96. The number of piperidine rings is 1. The molecule has 0 aliphatic carbocycles. The smallest absolute Gasteiger partial charge is 0.123 e. The van der Waals surface area contributed by atoms with E-state index in [9.17, 15) is 4.39 Å². The SMILES string of the molecule is CN(C)c1ccc(F)cc1C1CCCNC1. The third-order valence-electron chi connectivity index (χ3n) is 3.21. The van der Waals surface area contributed by atoms with Crippen molar-refractivity contribution in [2.75, 3.05) is 32.1 Å². The van der Waals surface area contributed by atoms with Crippen molar-refractivity contribution < 1.29 is 4.39 Å². The van der Waals surface area contributed by atoms with E-state index in [-0.39, 0.29) is 5.82 Å². The summed E-state index contributed by atoms with van der Waals surface area (Å²) in [5.74, 6) is 0.313. The molecule has 0 spiro atoms. The van der Waals surface area contributed by atoms with E-state index in [1.165, 1.54) is 12.5 Å². The molecule has 1 atom stereocenters. The maximum Gasteiger partial charge on any atom is 0.123 e. The normalized spacial score (nSPS) is 20.8. The van der Waals surface area contributed by atoms with Gasteiger partial charge in [-0.2, -0.15) is 0 Å². The molecule has 1 aliphatic rings. The predicted molar refractivity (Wildman–Crippen MR) is 65.6 cm³/mol. The summed E-state index contributed by atoms with van der Waals surface area (Å²) in [4.78, 5) is 2.06. The standard InChI is InChI=1S/C13H19FN2/c1-16(2)13-6-5-11(14)8-12(13)10-4-3-7-15-9-10/h5-6,8,10,15H,3-4,7,9H2,1-2H3. The van der Waals surface area contributed by atoms with E-state index in [1.54, 1.807) is 6.07 Å². The quantitative estimate of drug-likeness (QED) is 0.826. The van der Waals surface area contributed by atoms with Crippen LogP contribution in [0.25, 0.3) is 0 Å². The summed E-state index contributed by atoms with van der Waals surface area (Å²) in [7, 11) is 4.01. The molecule has 16 heavy (non-hydrogen) atoms. The van der Waals surface area contributed by atoms with Crippen molar-refractivity contribution in [3.05, 3.63) is 29.6 Å². The molecule has 2 rings (SSSR count). The van der Waals surface area contributed by atoms with Crippen LogP contribution >= 0.6 is 0 Å². The summed E-state index contributed by atoms with van der Waals surface area (Å²) in [6.45, 7) is 2.05. The zero-order chi connectivity index (χ0) is 11.5. The van der Waals surface area contributed by atoms with Gasteiger partial charge < -0.3 is 10.2 Å². The lowest BCUT2D eigenvalue weighted by atomic mass is 9.90. The molecule has 1 fully saturated rings. The van der Waals surface area contributed by atoms with Crippen LogP contribution < -0.4 is 10.2 Å². The van der Waals surface area contributed by atoms with E-state index in [0.717, 1.165) is 30.8 Å². The Kier molecular flexibility index (Phi) is 3.44. The first-order valence-electron chi connectivity index (χ1n) is 5.86. The highest BCUT2D eigenvalue weighted by Gasteiger charge is 2.19. The van der Waals surface area contributed by atoms with E-state index in [0.29, 0.717) is 5.92 Å². The molecular formula is C13H19FN2. The fourth-order valence-corrected chi connectivity index (χ4v) is 2.38. The minimum atomic E-state index is -0.133. The summed E-state index contributed by atoms with van der Waals surface area (Å²) in [5, 5.41) is 3.38. The summed E-state index contributed by atoms with van der Waals surface area (Å²) in [6.07, 6.45) is 2.32. The average molecular weight is 222 g/mol. The van der Waals surface area contributed by atoms with Crippen molar-refractivity contribution in [2.45, 2.75) is 18.8 Å². The van der Waals surface area contributed by atoms with Crippen molar-refractivity contribution in [1.29, 1.82) is 0 Å². The van der Waals surface area contributed by atoms with Gasteiger partial charge in [0.25, 0.3) is 0 Å². The van der Waals surface area contributed by atoms with Crippen molar-refractivity contribution in [1.82, 2.24) is 5.32 Å². The number of benzene rings is 1. The number of rotatable bonds is 2. The Morgan fingerprint density at radius 1 is 1.38 bits per heavy atom. The van der Waals surface area contributed by atoms with Crippen LogP contribution in [0.5, 0.6) is 0 Å². The molecule has 1 heterocycles. The second kappa shape index (κ2) is 4.83. The largest absolute Gasteiger partial charge is 0.377 e. The third-order valence-corrected chi connectivity index (χ3v) is 3.21. The lowest BCUT2D eigenvalue weighted by molar-refractivity contribution is 0.460. The fourth-order valence-electron chi connectivity index (χ4n) is 2.38. The van der Waals surface area contributed by atoms with Gasteiger partial charge in [-0.05, 0) is 49.1 Å². The first-order chi connectivity index (χ1) is 7.68. The molecule has 3 heteroatoms. The van der Waals surface area contributed by atoms with Gasteiger partial charge in [0.2, 0.25) is 0 Å². The Bertz CT molecular complexity index is 357. The highest BCUT2D eigenvalue weighted by molar-refractivity contribution is 5.54. The molecule has 1 saturated heterocycles. The van der Waals surface area contributed by atoms with Gasteiger partial charge in [0.15, 0.2) is 0 Å².